The molecule has 1 amide bonds. The van der Waals surface area contributed by atoms with E-state index < -0.39 is 18.5 Å². The number of ketones is 2. The van der Waals surface area contributed by atoms with Gasteiger partial charge in [-0.05, 0) is 24.3 Å². The highest BCUT2D eigenvalue weighted by Gasteiger charge is 2.31. The summed E-state index contributed by atoms with van der Waals surface area (Å²) in [5.74, 6) is -2.14. The first kappa shape index (κ1) is 20.8. The molecule has 0 bridgehead atoms. The summed E-state index contributed by atoms with van der Waals surface area (Å²) < 4.78 is 5.00. The number of carbonyl (C=O) groups excluding carboxylic acids is 4. The molecule has 1 aliphatic carbocycles. The van der Waals surface area contributed by atoms with Crippen molar-refractivity contribution in [1.29, 1.82) is 0 Å². The summed E-state index contributed by atoms with van der Waals surface area (Å²) in [4.78, 5) is 50.3. The Kier molecular flexibility index (Phi) is 5.59. The number of hydrogen-bond donors (Lipinski definition) is 1. The Morgan fingerprint density at radius 3 is 2.23 bits per heavy atom. The van der Waals surface area contributed by atoms with Gasteiger partial charge in [0.1, 0.15) is 0 Å². The SMILES string of the molecule is O=C(COC(=O)c1ccc(Cl)cc1Cl)Nc1cccc2c1C(=O)c1ccccc1C2=O. The first-order valence-electron chi connectivity index (χ1n) is 9.10. The zero-order valence-electron chi connectivity index (χ0n) is 15.8. The van der Waals surface area contributed by atoms with E-state index in [2.05, 4.69) is 5.32 Å². The smallest absolute Gasteiger partial charge is 0.340 e. The number of esters is 1. The summed E-state index contributed by atoms with van der Waals surface area (Å²) in [6.07, 6.45) is 0. The molecule has 0 radical (unpaired) electrons. The highest BCUT2D eigenvalue weighted by Crippen LogP contribution is 2.32. The second kappa shape index (κ2) is 8.34. The molecule has 6 nitrogen and oxygen atoms in total. The number of ether oxygens (including phenoxy) is 1. The lowest BCUT2D eigenvalue weighted by atomic mass is 9.83. The Labute approximate surface area is 186 Å². The summed E-state index contributed by atoms with van der Waals surface area (Å²) >= 11 is 11.8. The second-order valence-electron chi connectivity index (χ2n) is 6.68. The Hall–Kier alpha value is -3.48. The van der Waals surface area contributed by atoms with Crippen molar-refractivity contribution in [2.75, 3.05) is 11.9 Å². The molecule has 0 heterocycles. The number of nitrogens with one attached hydrogen (secondary N) is 1. The van der Waals surface area contributed by atoms with Gasteiger partial charge in [-0.3, -0.25) is 14.4 Å². The summed E-state index contributed by atoms with van der Waals surface area (Å²) in [7, 11) is 0. The number of fused-ring (bicyclic) bond motifs is 2. The maximum absolute atomic E-state index is 13.0. The summed E-state index contributed by atoms with van der Waals surface area (Å²) in [5, 5.41) is 2.99. The van der Waals surface area contributed by atoms with E-state index in [0.29, 0.717) is 10.6 Å². The predicted molar refractivity (Wildman–Crippen MR) is 115 cm³/mol. The molecule has 154 valence electrons. The first-order chi connectivity index (χ1) is 14.9. The molecule has 3 aromatic carbocycles. The molecule has 0 aliphatic heterocycles. The number of halogens is 2. The van der Waals surface area contributed by atoms with Crippen molar-refractivity contribution < 1.29 is 23.9 Å². The minimum Gasteiger partial charge on any atom is -0.452 e. The quantitative estimate of drug-likeness (QED) is 0.457. The molecule has 3 aromatic rings. The summed E-state index contributed by atoms with van der Waals surface area (Å²) in [5.41, 5.74) is 1.12. The number of carbonyl (C=O) groups is 4. The van der Waals surface area contributed by atoms with Gasteiger partial charge >= 0.3 is 5.97 Å². The minimum atomic E-state index is -0.799. The van der Waals surface area contributed by atoms with Gasteiger partial charge in [-0.2, -0.15) is 0 Å². The van der Waals surface area contributed by atoms with E-state index >= 15 is 0 Å². The molecule has 0 aromatic heterocycles. The molecule has 0 unspecified atom stereocenters. The molecule has 0 saturated carbocycles. The third-order valence-corrected chi connectivity index (χ3v) is 5.26. The monoisotopic (exact) mass is 453 g/mol. The third-order valence-electron chi connectivity index (χ3n) is 4.71. The van der Waals surface area contributed by atoms with Crippen LogP contribution in [0.2, 0.25) is 10.0 Å². The van der Waals surface area contributed by atoms with Gasteiger partial charge in [-0.15, -0.1) is 0 Å². The average Bonchev–Trinajstić information content (AvgIpc) is 2.76. The molecule has 0 atom stereocenters. The molecule has 0 spiro atoms. The molecule has 8 heteroatoms. The van der Waals surface area contributed by atoms with Crippen molar-refractivity contribution in [3.05, 3.63) is 98.5 Å². The van der Waals surface area contributed by atoms with Crippen molar-refractivity contribution in [3.8, 4) is 0 Å². The van der Waals surface area contributed by atoms with Crippen LogP contribution in [0.5, 0.6) is 0 Å². The third kappa shape index (κ3) is 3.95. The molecule has 0 saturated heterocycles. The standard InChI is InChI=1S/C23H13Cl2NO5/c24-12-8-9-15(17(25)10-12)23(30)31-11-19(27)26-18-7-3-6-16-20(18)22(29)14-5-2-1-4-13(14)21(16)28/h1-10H,11H2,(H,26,27). The van der Waals surface area contributed by atoms with Crippen LogP contribution in [0.25, 0.3) is 0 Å². The normalized spacial score (nSPS) is 12.1. The first-order valence-corrected chi connectivity index (χ1v) is 9.86. The Balaban J connectivity index is 1.52. The molecule has 31 heavy (non-hydrogen) atoms. The van der Waals surface area contributed by atoms with E-state index in [0.717, 1.165) is 0 Å². The highest BCUT2D eigenvalue weighted by molar-refractivity contribution is 6.36. The summed E-state index contributed by atoms with van der Waals surface area (Å²) in [6, 6.07) is 15.3. The number of rotatable bonds is 4. The average molecular weight is 454 g/mol. The van der Waals surface area contributed by atoms with Gasteiger partial charge in [0.05, 0.1) is 21.8 Å². The van der Waals surface area contributed by atoms with Gasteiger partial charge in [0, 0.05) is 21.7 Å². The fraction of sp³-hybridized carbons (Fsp3) is 0.0435. The van der Waals surface area contributed by atoms with E-state index in [-0.39, 0.29) is 44.5 Å². The van der Waals surface area contributed by atoms with E-state index in [1.54, 1.807) is 30.3 Å². The van der Waals surface area contributed by atoms with Gasteiger partial charge in [0.25, 0.3) is 5.91 Å². The summed E-state index contributed by atoms with van der Waals surface area (Å²) in [6.45, 7) is -0.611. The van der Waals surface area contributed by atoms with Crippen LogP contribution in [0.15, 0.2) is 60.7 Å². The fourth-order valence-corrected chi connectivity index (χ4v) is 3.78. The zero-order chi connectivity index (χ0) is 22.1. The molecule has 0 fully saturated rings. The van der Waals surface area contributed by atoms with Crippen LogP contribution in [0, 0.1) is 0 Å². The van der Waals surface area contributed by atoms with Crippen LogP contribution in [0.1, 0.15) is 42.2 Å². The van der Waals surface area contributed by atoms with Crippen LogP contribution < -0.4 is 5.32 Å². The van der Waals surface area contributed by atoms with Crippen molar-refractivity contribution in [1.82, 2.24) is 0 Å². The largest absolute Gasteiger partial charge is 0.452 e. The molecule has 4 rings (SSSR count). The maximum Gasteiger partial charge on any atom is 0.340 e. The van der Waals surface area contributed by atoms with Gasteiger partial charge in [-0.25, -0.2) is 4.79 Å². The Morgan fingerprint density at radius 2 is 1.52 bits per heavy atom. The molecular weight excluding hydrogens is 441 g/mol. The number of benzene rings is 3. The van der Waals surface area contributed by atoms with Crippen LogP contribution in [0.3, 0.4) is 0 Å². The zero-order valence-corrected chi connectivity index (χ0v) is 17.3. The van der Waals surface area contributed by atoms with Crippen LogP contribution >= 0.6 is 23.2 Å². The van der Waals surface area contributed by atoms with E-state index in [4.69, 9.17) is 27.9 Å². The van der Waals surface area contributed by atoms with Crippen LogP contribution in [-0.2, 0) is 9.53 Å². The lowest BCUT2D eigenvalue weighted by Gasteiger charge is -2.20. The van der Waals surface area contributed by atoms with E-state index in [1.807, 2.05) is 0 Å². The topological polar surface area (TPSA) is 89.5 Å². The number of anilines is 1. The van der Waals surface area contributed by atoms with Gasteiger partial charge in [0.15, 0.2) is 18.2 Å². The number of hydrogen-bond acceptors (Lipinski definition) is 5. The second-order valence-corrected chi connectivity index (χ2v) is 7.52. The van der Waals surface area contributed by atoms with E-state index in [1.165, 1.54) is 30.3 Å². The van der Waals surface area contributed by atoms with Crippen LogP contribution in [0.4, 0.5) is 5.69 Å². The van der Waals surface area contributed by atoms with E-state index in [9.17, 15) is 19.2 Å². The minimum absolute atomic E-state index is 0.0633. The maximum atomic E-state index is 13.0. The highest BCUT2D eigenvalue weighted by atomic mass is 35.5. The lowest BCUT2D eigenvalue weighted by Crippen LogP contribution is -2.26. The van der Waals surface area contributed by atoms with Gasteiger partial charge < -0.3 is 10.1 Å². The van der Waals surface area contributed by atoms with Gasteiger partial charge in [0.2, 0.25) is 0 Å². The predicted octanol–water partition coefficient (Wildman–Crippen LogP) is 4.56. The molecule has 1 aliphatic rings. The fourth-order valence-electron chi connectivity index (χ4n) is 3.30. The molecular formula is C23H13Cl2NO5. The Morgan fingerprint density at radius 1 is 0.839 bits per heavy atom. The van der Waals surface area contributed by atoms with Gasteiger partial charge in [-0.1, -0.05) is 59.6 Å². The Bertz CT molecular complexity index is 1270. The lowest BCUT2D eigenvalue weighted by molar-refractivity contribution is -0.119. The van der Waals surface area contributed by atoms with Crippen molar-refractivity contribution >= 4 is 52.3 Å². The van der Waals surface area contributed by atoms with Crippen molar-refractivity contribution in [2.45, 2.75) is 0 Å². The van der Waals surface area contributed by atoms with Crippen molar-refractivity contribution in [2.24, 2.45) is 0 Å². The van der Waals surface area contributed by atoms with Crippen LogP contribution in [-0.4, -0.2) is 30.0 Å². The molecule has 1 N–H and O–H groups in total. The van der Waals surface area contributed by atoms with Crippen molar-refractivity contribution in [3.63, 3.8) is 0 Å². The number of amides is 1.